The minimum Gasteiger partial charge on any atom is -0.746 e. The zero-order valence-corrected chi connectivity index (χ0v) is 22.8. The summed E-state index contributed by atoms with van der Waals surface area (Å²) in [5.74, 6) is -1.71. The van der Waals surface area contributed by atoms with E-state index in [1.807, 2.05) is 44.2 Å². The van der Waals surface area contributed by atoms with Crippen LogP contribution in [0.1, 0.15) is 64.4 Å². The third-order valence-corrected chi connectivity index (χ3v) is 8.13. The van der Waals surface area contributed by atoms with Crippen LogP contribution < -0.4 is 16.0 Å². The molecule has 1 saturated carbocycles. The number of amides is 4. The van der Waals surface area contributed by atoms with Gasteiger partial charge < -0.3 is 30.5 Å². The van der Waals surface area contributed by atoms with E-state index >= 15 is 0 Å². The SMILES string of the molecule is CC(C)C[C@H](NC(=O)N(Cc1ccccc1)C1CCCC1)C(=O)N[C@@H](C[C@@H]1CCNC1=O)C(O)S(=O)(=O)[O-]. The van der Waals surface area contributed by atoms with Crippen LogP contribution >= 0.6 is 0 Å². The van der Waals surface area contributed by atoms with E-state index in [0.29, 0.717) is 19.5 Å². The number of nitrogens with zero attached hydrogens (tertiary/aromatic N) is 1. The molecule has 4 N–H and O–H groups in total. The highest BCUT2D eigenvalue weighted by atomic mass is 32.2. The fourth-order valence-electron chi connectivity index (χ4n) is 5.21. The molecule has 3 rings (SSSR count). The van der Waals surface area contributed by atoms with Gasteiger partial charge in [-0.05, 0) is 43.6 Å². The molecule has 4 atom stereocenters. The van der Waals surface area contributed by atoms with Crippen molar-refractivity contribution in [2.45, 2.75) is 88.9 Å². The van der Waals surface area contributed by atoms with Crippen molar-refractivity contribution in [1.82, 2.24) is 20.9 Å². The number of hydrogen-bond acceptors (Lipinski definition) is 7. The molecule has 11 nitrogen and oxygen atoms in total. The lowest BCUT2D eigenvalue weighted by atomic mass is 9.97. The number of carbonyl (C=O) groups is 3. The van der Waals surface area contributed by atoms with Gasteiger partial charge >= 0.3 is 6.03 Å². The molecule has 1 saturated heterocycles. The summed E-state index contributed by atoms with van der Waals surface area (Å²) in [7, 11) is -5.17. The summed E-state index contributed by atoms with van der Waals surface area (Å²) in [6.45, 7) is 4.51. The van der Waals surface area contributed by atoms with Gasteiger partial charge in [-0.1, -0.05) is 57.0 Å². The number of benzene rings is 1. The predicted molar refractivity (Wildman–Crippen MR) is 139 cm³/mol. The third-order valence-electron chi connectivity index (χ3n) is 7.21. The van der Waals surface area contributed by atoms with E-state index in [1.165, 1.54) is 0 Å². The second-order valence-corrected chi connectivity index (χ2v) is 12.2. The van der Waals surface area contributed by atoms with E-state index in [0.717, 1.165) is 31.2 Å². The largest absolute Gasteiger partial charge is 0.746 e. The smallest absolute Gasteiger partial charge is 0.318 e. The topological polar surface area (TPSA) is 168 Å². The fraction of sp³-hybridized carbons (Fsp3) is 0.654. The first kappa shape index (κ1) is 29.9. The first-order chi connectivity index (χ1) is 18.0. The zero-order chi connectivity index (χ0) is 27.9. The van der Waals surface area contributed by atoms with Gasteiger partial charge in [0.2, 0.25) is 11.8 Å². The van der Waals surface area contributed by atoms with E-state index < -0.39 is 45.5 Å². The first-order valence-corrected chi connectivity index (χ1v) is 14.7. The second-order valence-electron chi connectivity index (χ2n) is 10.7. The molecule has 1 aromatic carbocycles. The molecular formula is C26H39N4O7S-. The van der Waals surface area contributed by atoms with Crippen molar-refractivity contribution in [3.63, 3.8) is 0 Å². The van der Waals surface area contributed by atoms with E-state index in [9.17, 15) is 32.5 Å². The van der Waals surface area contributed by atoms with Gasteiger partial charge in [-0.15, -0.1) is 0 Å². The highest BCUT2D eigenvalue weighted by Gasteiger charge is 2.36. The lowest BCUT2D eigenvalue weighted by molar-refractivity contribution is -0.126. The predicted octanol–water partition coefficient (Wildman–Crippen LogP) is 1.43. The Bertz CT molecular complexity index is 1060. The number of carbonyl (C=O) groups excluding carboxylic acids is 3. The number of hydrogen-bond donors (Lipinski definition) is 4. The molecule has 1 aliphatic heterocycles. The average Bonchev–Trinajstić information content (AvgIpc) is 3.53. The minimum atomic E-state index is -5.17. The molecule has 0 bridgehead atoms. The molecule has 4 amide bonds. The number of nitrogens with one attached hydrogen (secondary N) is 3. The van der Waals surface area contributed by atoms with Crippen molar-refractivity contribution in [3.05, 3.63) is 35.9 Å². The Hall–Kier alpha value is -2.70. The van der Waals surface area contributed by atoms with Crippen LogP contribution in [0.25, 0.3) is 0 Å². The van der Waals surface area contributed by atoms with Crippen LogP contribution in [-0.4, -0.2) is 70.9 Å². The van der Waals surface area contributed by atoms with Crippen LogP contribution in [0.3, 0.4) is 0 Å². The summed E-state index contributed by atoms with van der Waals surface area (Å²) >= 11 is 0. The third kappa shape index (κ3) is 8.40. The van der Waals surface area contributed by atoms with E-state index in [1.54, 1.807) is 4.90 Å². The highest BCUT2D eigenvalue weighted by Crippen LogP contribution is 2.26. The lowest BCUT2D eigenvalue weighted by Gasteiger charge is -2.33. The number of urea groups is 1. The van der Waals surface area contributed by atoms with E-state index in [4.69, 9.17) is 0 Å². The van der Waals surface area contributed by atoms with Crippen LogP contribution in [0.5, 0.6) is 0 Å². The standard InChI is InChI=1S/C26H40N4O7S/c1-17(2)14-21(24(32)28-22(25(33)38(35,36)37)15-19-12-13-27-23(19)31)29-26(34)30(20-10-6-7-11-20)16-18-8-4-3-5-9-18/h3-5,8-9,17,19-22,25,33H,6-7,10-16H2,1-2H3,(H,27,31)(H,28,32)(H,29,34)(H,35,36,37)/p-1/t19-,21-,22-,25?/m0/s1. The van der Waals surface area contributed by atoms with Gasteiger partial charge in [0.25, 0.3) is 0 Å². The Morgan fingerprint density at radius 1 is 1.13 bits per heavy atom. The molecule has 12 heteroatoms. The molecule has 0 aromatic heterocycles. The van der Waals surface area contributed by atoms with Gasteiger partial charge in [0.05, 0.1) is 6.04 Å². The van der Waals surface area contributed by atoms with Crippen molar-refractivity contribution in [1.29, 1.82) is 0 Å². The molecule has 0 spiro atoms. The van der Waals surface area contributed by atoms with Crippen molar-refractivity contribution in [3.8, 4) is 0 Å². The van der Waals surface area contributed by atoms with Gasteiger partial charge in [0.15, 0.2) is 5.44 Å². The van der Waals surface area contributed by atoms with Gasteiger partial charge in [-0.3, -0.25) is 9.59 Å². The minimum absolute atomic E-state index is 0.00710. The molecule has 1 heterocycles. The van der Waals surface area contributed by atoms with Crippen LogP contribution in [0.15, 0.2) is 30.3 Å². The van der Waals surface area contributed by atoms with Gasteiger partial charge in [0.1, 0.15) is 16.2 Å². The molecular weight excluding hydrogens is 512 g/mol. The average molecular weight is 552 g/mol. The molecule has 0 radical (unpaired) electrons. The molecule has 212 valence electrons. The number of aliphatic hydroxyl groups excluding tert-OH is 1. The lowest BCUT2D eigenvalue weighted by Crippen LogP contribution is -2.57. The Balaban J connectivity index is 1.78. The van der Waals surface area contributed by atoms with Gasteiger partial charge in [-0.2, -0.15) is 0 Å². The Labute approximate surface area is 224 Å². The van der Waals surface area contributed by atoms with E-state index in [2.05, 4.69) is 16.0 Å². The van der Waals surface area contributed by atoms with Gasteiger partial charge in [0, 0.05) is 25.0 Å². The number of rotatable bonds is 12. The molecule has 1 aliphatic carbocycles. The summed E-state index contributed by atoms with van der Waals surface area (Å²) in [4.78, 5) is 40.7. The Kier molecular flexibility index (Phi) is 10.5. The molecule has 2 aliphatic rings. The maximum absolute atomic E-state index is 13.5. The first-order valence-electron chi connectivity index (χ1n) is 13.3. The monoisotopic (exact) mass is 551 g/mol. The highest BCUT2D eigenvalue weighted by molar-refractivity contribution is 7.86. The molecule has 1 aromatic rings. The summed E-state index contributed by atoms with van der Waals surface area (Å²) in [6.07, 6.45) is 4.16. The summed E-state index contributed by atoms with van der Waals surface area (Å²) in [5, 5.41) is 18.1. The Morgan fingerprint density at radius 2 is 1.79 bits per heavy atom. The Morgan fingerprint density at radius 3 is 2.34 bits per heavy atom. The summed E-state index contributed by atoms with van der Waals surface area (Å²) < 4.78 is 34.8. The van der Waals surface area contributed by atoms with Crippen LogP contribution in [-0.2, 0) is 26.3 Å². The molecule has 38 heavy (non-hydrogen) atoms. The van der Waals surface area contributed by atoms with Crippen molar-refractivity contribution in [2.75, 3.05) is 6.54 Å². The maximum atomic E-state index is 13.5. The number of aliphatic hydroxyl groups is 1. The van der Waals surface area contributed by atoms with Crippen LogP contribution in [0.4, 0.5) is 4.79 Å². The molecule has 2 fully saturated rings. The molecule has 1 unspecified atom stereocenters. The summed E-state index contributed by atoms with van der Waals surface area (Å²) in [5.41, 5.74) is -1.47. The van der Waals surface area contributed by atoms with Crippen molar-refractivity contribution < 1.29 is 32.5 Å². The maximum Gasteiger partial charge on any atom is 0.318 e. The second kappa shape index (κ2) is 13.4. The normalized spacial score (nSPS) is 20.6. The fourth-order valence-corrected chi connectivity index (χ4v) is 5.79. The van der Waals surface area contributed by atoms with Crippen LogP contribution in [0, 0.1) is 11.8 Å². The quantitative estimate of drug-likeness (QED) is 0.285. The van der Waals surface area contributed by atoms with Gasteiger partial charge in [-0.25, -0.2) is 13.2 Å². The van der Waals surface area contributed by atoms with Crippen molar-refractivity contribution >= 4 is 28.0 Å². The van der Waals surface area contributed by atoms with Crippen LogP contribution in [0.2, 0.25) is 0 Å². The van der Waals surface area contributed by atoms with E-state index in [-0.39, 0.29) is 30.7 Å². The summed E-state index contributed by atoms with van der Waals surface area (Å²) in [6, 6.07) is 6.64. The van der Waals surface area contributed by atoms with Crippen molar-refractivity contribution in [2.24, 2.45) is 11.8 Å². The zero-order valence-electron chi connectivity index (χ0n) is 22.0.